The van der Waals surface area contributed by atoms with Crippen molar-refractivity contribution in [3.8, 4) is 11.5 Å². The first-order valence-electron chi connectivity index (χ1n) is 6.19. The molecule has 6 heteroatoms. The van der Waals surface area contributed by atoms with Crippen LogP contribution in [0.5, 0.6) is 11.5 Å². The number of hydrogen-bond acceptors (Lipinski definition) is 3. The van der Waals surface area contributed by atoms with Crippen molar-refractivity contribution in [2.45, 2.75) is 13.2 Å². The van der Waals surface area contributed by atoms with E-state index in [2.05, 4.69) is 26.0 Å². The second kappa shape index (κ2) is 7.26. The summed E-state index contributed by atoms with van der Waals surface area (Å²) in [5.41, 5.74) is 1.69. The van der Waals surface area contributed by atoms with Crippen LogP contribution in [0.15, 0.2) is 46.9 Å². The Labute approximate surface area is 130 Å². The SMILES string of the molecule is COc1ccc(Br)c(CNc2cccc(OC(F)F)c2)c1. The molecule has 0 aliphatic carbocycles. The summed E-state index contributed by atoms with van der Waals surface area (Å²) >= 11 is 3.46. The first kappa shape index (κ1) is 15.6. The lowest BCUT2D eigenvalue weighted by atomic mass is 10.2. The van der Waals surface area contributed by atoms with Crippen molar-refractivity contribution >= 4 is 21.6 Å². The normalized spacial score (nSPS) is 10.5. The topological polar surface area (TPSA) is 30.5 Å². The summed E-state index contributed by atoms with van der Waals surface area (Å²) in [6, 6.07) is 12.1. The van der Waals surface area contributed by atoms with Gasteiger partial charge in [0.05, 0.1) is 7.11 Å². The van der Waals surface area contributed by atoms with E-state index in [1.807, 2.05) is 18.2 Å². The van der Waals surface area contributed by atoms with Gasteiger partial charge in [-0.3, -0.25) is 0 Å². The van der Waals surface area contributed by atoms with Gasteiger partial charge in [0.2, 0.25) is 0 Å². The van der Waals surface area contributed by atoms with Crippen molar-refractivity contribution in [1.29, 1.82) is 0 Å². The van der Waals surface area contributed by atoms with Gasteiger partial charge in [0.15, 0.2) is 0 Å². The third kappa shape index (κ3) is 4.60. The Morgan fingerprint density at radius 3 is 2.67 bits per heavy atom. The molecule has 0 amide bonds. The largest absolute Gasteiger partial charge is 0.497 e. The molecule has 0 aromatic heterocycles. The van der Waals surface area contributed by atoms with Crippen LogP contribution < -0.4 is 14.8 Å². The van der Waals surface area contributed by atoms with Crippen molar-refractivity contribution in [2.24, 2.45) is 0 Å². The van der Waals surface area contributed by atoms with Crippen LogP contribution in [0.4, 0.5) is 14.5 Å². The number of halogens is 3. The van der Waals surface area contributed by atoms with Crippen LogP contribution in [0, 0.1) is 0 Å². The van der Waals surface area contributed by atoms with Gasteiger partial charge in [0.1, 0.15) is 11.5 Å². The zero-order valence-corrected chi connectivity index (χ0v) is 12.9. The Morgan fingerprint density at radius 2 is 1.95 bits per heavy atom. The molecule has 0 bridgehead atoms. The predicted octanol–water partition coefficient (Wildman–Crippen LogP) is 4.67. The Balaban J connectivity index is 2.06. The van der Waals surface area contributed by atoms with Crippen LogP contribution in [-0.4, -0.2) is 13.7 Å². The average molecular weight is 358 g/mol. The van der Waals surface area contributed by atoms with E-state index in [1.54, 1.807) is 19.2 Å². The van der Waals surface area contributed by atoms with Gasteiger partial charge in [-0.25, -0.2) is 0 Å². The lowest BCUT2D eigenvalue weighted by molar-refractivity contribution is -0.0498. The van der Waals surface area contributed by atoms with E-state index in [0.717, 1.165) is 15.8 Å². The maximum Gasteiger partial charge on any atom is 0.387 e. The van der Waals surface area contributed by atoms with E-state index < -0.39 is 6.61 Å². The fourth-order valence-corrected chi connectivity index (χ4v) is 2.18. The summed E-state index contributed by atoms with van der Waals surface area (Å²) in [6.07, 6.45) is 0. The molecule has 0 unspecified atom stereocenters. The van der Waals surface area contributed by atoms with Crippen LogP contribution in [0.3, 0.4) is 0 Å². The molecule has 2 rings (SSSR count). The molecule has 1 N–H and O–H groups in total. The van der Waals surface area contributed by atoms with Crippen molar-refractivity contribution in [2.75, 3.05) is 12.4 Å². The first-order chi connectivity index (χ1) is 10.1. The highest BCUT2D eigenvalue weighted by Crippen LogP contribution is 2.24. The third-order valence-electron chi connectivity index (χ3n) is 2.80. The second-order valence-electron chi connectivity index (χ2n) is 4.22. The van der Waals surface area contributed by atoms with Crippen LogP contribution >= 0.6 is 15.9 Å². The van der Waals surface area contributed by atoms with Crippen molar-refractivity contribution in [3.63, 3.8) is 0 Å². The molecule has 0 radical (unpaired) electrons. The molecule has 2 aromatic carbocycles. The van der Waals surface area contributed by atoms with Crippen LogP contribution in [0.2, 0.25) is 0 Å². The Hall–Kier alpha value is -1.82. The van der Waals surface area contributed by atoms with E-state index in [-0.39, 0.29) is 5.75 Å². The summed E-state index contributed by atoms with van der Waals surface area (Å²) in [5.74, 6) is 0.879. The lowest BCUT2D eigenvalue weighted by Gasteiger charge is -2.11. The molecule has 112 valence electrons. The standard InChI is InChI=1S/C15H14BrF2NO2/c1-20-12-5-6-14(16)10(7-12)9-19-11-3-2-4-13(8-11)21-15(17)18/h2-8,15,19H,9H2,1H3. The third-order valence-corrected chi connectivity index (χ3v) is 3.57. The molecule has 2 aromatic rings. The van der Waals surface area contributed by atoms with Gasteiger partial charge in [-0.05, 0) is 35.9 Å². The van der Waals surface area contributed by atoms with Crippen LogP contribution in [-0.2, 0) is 6.54 Å². The zero-order valence-electron chi connectivity index (χ0n) is 11.3. The van der Waals surface area contributed by atoms with Crippen molar-refractivity contribution in [1.82, 2.24) is 0 Å². The summed E-state index contributed by atoms with van der Waals surface area (Å²) in [7, 11) is 1.60. The molecule has 0 aliphatic heterocycles. The minimum Gasteiger partial charge on any atom is -0.497 e. The molecule has 0 saturated carbocycles. The molecule has 0 heterocycles. The molecule has 0 fully saturated rings. The molecule has 0 saturated heterocycles. The minimum absolute atomic E-state index is 0.125. The van der Waals surface area contributed by atoms with E-state index in [1.165, 1.54) is 12.1 Å². The maximum atomic E-state index is 12.2. The number of anilines is 1. The molecular weight excluding hydrogens is 344 g/mol. The molecule has 0 atom stereocenters. The molecular formula is C15H14BrF2NO2. The van der Waals surface area contributed by atoms with E-state index in [4.69, 9.17) is 4.74 Å². The number of nitrogens with one attached hydrogen (secondary N) is 1. The number of alkyl halides is 2. The Morgan fingerprint density at radius 1 is 1.14 bits per heavy atom. The molecule has 0 aliphatic rings. The zero-order chi connectivity index (χ0) is 15.2. The summed E-state index contributed by atoms with van der Waals surface area (Å²) in [5, 5.41) is 3.16. The predicted molar refractivity (Wildman–Crippen MR) is 81.1 cm³/mol. The quantitative estimate of drug-likeness (QED) is 0.814. The molecule has 21 heavy (non-hydrogen) atoms. The van der Waals surface area contributed by atoms with Gasteiger partial charge in [-0.15, -0.1) is 0 Å². The lowest BCUT2D eigenvalue weighted by Crippen LogP contribution is -2.04. The van der Waals surface area contributed by atoms with Gasteiger partial charge in [-0.2, -0.15) is 8.78 Å². The monoisotopic (exact) mass is 357 g/mol. The number of methoxy groups -OCH3 is 1. The van der Waals surface area contributed by atoms with E-state index in [9.17, 15) is 8.78 Å². The van der Waals surface area contributed by atoms with Gasteiger partial charge in [-0.1, -0.05) is 22.0 Å². The van der Waals surface area contributed by atoms with Crippen LogP contribution in [0.1, 0.15) is 5.56 Å². The van der Waals surface area contributed by atoms with Gasteiger partial charge < -0.3 is 14.8 Å². The number of ether oxygens (including phenoxy) is 2. The highest BCUT2D eigenvalue weighted by atomic mass is 79.9. The highest BCUT2D eigenvalue weighted by Gasteiger charge is 2.06. The number of benzene rings is 2. The highest BCUT2D eigenvalue weighted by molar-refractivity contribution is 9.10. The molecule has 0 spiro atoms. The Kier molecular flexibility index (Phi) is 5.38. The summed E-state index contributed by atoms with van der Waals surface area (Å²) in [4.78, 5) is 0. The average Bonchev–Trinajstić information content (AvgIpc) is 2.46. The number of hydrogen-bond donors (Lipinski definition) is 1. The van der Waals surface area contributed by atoms with Crippen molar-refractivity contribution < 1.29 is 18.3 Å². The summed E-state index contributed by atoms with van der Waals surface area (Å²) < 4.78 is 34.8. The van der Waals surface area contributed by atoms with Gasteiger partial charge in [0, 0.05) is 22.8 Å². The maximum absolute atomic E-state index is 12.2. The van der Waals surface area contributed by atoms with E-state index in [0.29, 0.717) is 12.2 Å². The minimum atomic E-state index is -2.83. The van der Waals surface area contributed by atoms with Crippen LogP contribution in [0.25, 0.3) is 0 Å². The van der Waals surface area contributed by atoms with Gasteiger partial charge >= 0.3 is 6.61 Å². The van der Waals surface area contributed by atoms with E-state index >= 15 is 0 Å². The first-order valence-corrected chi connectivity index (χ1v) is 6.99. The summed E-state index contributed by atoms with van der Waals surface area (Å²) in [6.45, 7) is -2.30. The molecule has 3 nitrogen and oxygen atoms in total. The van der Waals surface area contributed by atoms with Gasteiger partial charge in [0.25, 0.3) is 0 Å². The Bertz CT molecular complexity index is 608. The number of rotatable bonds is 6. The second-order valence-corrected chi connectivity index (χ2v) is 5.07. The fraction of sp³-hybridized carbons (Fsp3) is 0.200. The van der Waals surface area contributed by atoms with Crippen molar-refractivity contribution in [3.05, 3.63) is 52.5 Å². The smallest absolute Gasteiger partial charge is 0.387 e. The fourth-order valence-electron chi connectivity index (χ4n) is 1.79.